The van der Waals surface area contributed by atoms with Crippen LogP contribution in [0, 0.1) is 16.7 Å². The van der Waals surface area contributed by atoms with E-state index in [0.29, 0.717) is 13.0 Å². The third-order valence-electron chi connectivity index (χ3n) is 2.99. The maximum Gasteiger partial charge on any atom is 0.219 e. The normalized spacial score (nSPS) is 19.7. The van der Waals surface area contributed by atoms with Gasteiger partial charge in [-0.15, -0.1) is 0 Å². The van der Waals surface area contributed by atoms with Crippen molar-refractivity contribution in [1.29, 1.82) is 5.26 Å². The van der Waals surface area contributed by atoms with Crippen LogP contribution in [0.4, 0.5) is 0 Å². The van der Waals surface area contributed by atoms with Crippen LogP contribution in [0.1, 0.15) is 45.4 Å². The van der Waals surface area contributed by atoms with Crippen molar-refractivity contribution >= 4 is 5.91 Å². The highest BCUT2D eigenvalue weighted by atomic mass is 16.1. The van der Waals surface area contributed by atoms with Gasteiger partial charge in [-0.1, -0.05) is 26.2 Å². The minimum Gasteiger partial charge on any atom is -0.355 e. The molecule has 0 aromatic rings. The molecule has 0 unspecified atom stereocenters. The fraction of sp³-hybridized carbons (Fsp3) is 0.818. The van der Waals surface area contributed by atoms with Crippen molar-refractivity contribution in [1.82, 2.24) is 5.32 Å². The number of nitrogens with zero attached hydrogens (tertiary/aromatic N) is 1. The van der Waals surface area contributed by atoms with Gasteiger partial charge in [-0.3, -0.25) is 4.79 Å². The van der Waals surface area contributed by atoms with Crippen LogP contribution < -0.4 is 5.32 Å². The van der Waals surface area contributed by atoms with Crippen molar-refractivity contribution in [2.75, 3.05) is 6.54 Å². The van der Waals surface area contributed by atoms with Crippen LogP contribution in [-0.4, -0.2) is 12.5 Å². The minimum atomic E-state index is -0.275. The molecule has 0 radical (unpaired) electrons. The molecular formula is C11H18N2O. The lowest BCUT2D eigenvalue weighted by molar-refractivity contribution is -0.121. The number of amides is 1. The highest BCUT2D eigenvalue weighted by Crippen LogP contribution is 2.34. The lowest BCUT2D eigenvalue weighted by Crippen LogP contribution is -2.37. The average molecular weight is 194 g/mol. The average Bonchev–Trinajstić information content (AvgIpc) is 2.27. The molecule has 1 amide bonds. The van der Waals surface area contributed by atoms with E-state index in [9.17, 15) is 4.79 Å². The molecule has 0 bridgehead atoms. The van der Waals surface area contributed by atoms with Gasteiger partial charge < -0.3 is 5.32 Å². The monoisotopic (exact) mass is 194 g/mol. The second-order valence-electron chi connectivity index (χ2n) is 4.08. The molecule has 78 valence electrons. The smallest absolute Gasteiger partial charge is 0.219 e. The van der Waals surface area contributed by atoms with E-state index in [1.165, 1.54) is 6.42 Å². The van der Waals surface area contributed by atoms with Gasteiger partial charge in [0.15, 0.2) is 0 Å². The van der Waals surface area contributed by atoms with Crippen LogP contribution in [0.2, 0.25) is 0 Å². The molecule has 1 aliphatic carbocycles. The first-order chi connectivity index (χ1) is 6.72. The van der Waals surface area contributed by atoms with E-state index < -0.39 is 0 Å². The Labute approximate surface area is 85.5 Å². The van der Waals surface area contributed by atoms with Crippen molar-refractivity contribution < 1.29 is 4.79 Å². The molecule has 1 saturated carbocycles. The largest absolute Gasteiger partial charge is 0.355 e. The molecule has 1 fully saturated rings. The summed E-state index contributed by atoms with van der Waals surface area (Å²) in [4.78, 5) is 11.1. The Morgan fingerprint density at radius 1 is 1.43 bits per heavy atom. The topological polar surface area (TPSA) is 52.9 Å². The predicted molar refractivity (Wildman–Crippen MR) is 54.4 cm³/mol. The van der Waals surface area contributed by atoms with E-state index >= 15 is 0 Å². The molecule has 1 N–H and O–H groups in total. The Bertz CT molecular complexity index is 236. The SMILES string of the molecule is CCC(=O)NCC1(C#N)CCCCC1. The zero-order valence-electron chi connectivity index (χ0n) is 8.81. The summed E-state index contributed by atoms with van der Waals surface area (Å²) in [7, 11) is 0. The van der Waals surface area contributed by atoms with Gasteiger partial charge in [0.05, 0.1) is 11.5 Å². The summed E-state index contributed by atoms with van der Waals surface area (Å²) in [6.07, 6.45) is 5.85. The van der Waals surface area contributed by atoms with E-state index in [-0.39, 0.29) is 11.3 Å². The van der Waals surface area contributed by atoms with Gasteiger partial charge in [0.1, 0.15) is 0 Å². The zero-order valence-corrected chi connectivity index (χ0v) is 8.81. The lowest BCUT2D eigenvalue weighted by atomic mass is 9.75. The summed E-state index contributed by atoms with van der Waals surface area (Å²) >= 11 is 0. The summed E-state index contributed by atoms with van der Waals surface area (Å²) in [6, 6.07) is 2.38. The highest BCUT2D eigenvalue weighted by Gasteiger charge is 2.32. The van der Waals surface area contributed by atoms with Gasteiger partial charge in [0.2, 0.25) is 5.91 Å². The highest BCUT2D eigenvalue weighted by molar-refractivity contribution is 5.75. The minimum absolute atomic E-state index is 0.0465. The molecule has 0 aromatic heterocycles. The number of carbonyl (C=O) groups is 1. The molecule has 3 heteroatoms. The maximum atomic E-state index is 11.1. The third kappa shape index (κ3) is 2.73. The van der Waals surface area contributed by atoms with Crippen LogP contribution in [0.3, 0.4) is 0 Å². The maximum absolute atomic E-state index is 11.1. The number of nitriles is 1. The molecular weight excluding hydrogens is 176 g/mol. The molecule has 0 aromatic carbocycles. The van der Waals surface area contributed by atoms with Crippen LogP contribution in [-0.2, 0) is 4.79 Å². The van der Waals surface area contributed by atoms with Gasteiger partial charge in [-0.25, -0.2) is 0 Å². The van der Waals surface area contributed by atoms with E-state index in [1.807, 2.05) is 6.92 Å². The van der Waals surface area contributed by atoms with Crippen molar-refractivity contribution in [2.45, 2.75) is 45.4 Å². The molecule has 0 heterocycles. The molecule has 1 rings (SSSR count). The lowest BCUT2D eigenvalue weighted by Gasteiger charge is -2.30. The molecule has 1 aliphatic rings. The Kier molecular flexibility index (Phi) is 3.94. The van der Waals surface area contributed by atoms with E-state index in [2.05, 4.69) is 11.4 Å². The Hall–Kier alpha value is -1.04. The standard InChI is InChI=1S/C11H18N2O/c1-2-10(14)13-9-11(8-12)6-4-3-5-7-11/h2-7,9H2,1H3,(H,13,14). The van der Waals surface area contributed by atoms with E-state index in [1.54, 1.807) is 0 Å². The molecule has 3 nitrogen and oxygen atoms in total. The second kappa shape index (κ2) is 4.99. The van der Waals surface area contributed by atoms with Gasteiger partial charge in [0.25, 0.3) is 0 Å². The number of rotatable bonds is 3. The molecule has 0 saturated heterocycles. The summed E-state index contributed by atoms with van der Waals surface area (Å²) in [5.41, 5.74) is -0.275. The van der Waals surface area contributed by atoms with Crippen LogP contribution in [0.15, 0.2) is 0 Å². The van der Waals surface area contributed by atoms with Crippen molar-refractivity contribution in [2.24, 2.45) is 5.41 Å². The molecule has 14 heavy (non-hydrogen) atoms. The van der Waals surface area contributed by atoms with Crippen LogP contribution in [0.25, 0.3) is 0 Å². The summed E-state index contributed by atoms with van der Waals surface area (Å²) in [6.45, 7) is 2.37. The number of hydrogen-bond acceptors (Lipinski definition) is 2. The van der Waals surface area contributed by atoms with E-state index in [0.717, 1.165) is 25.7 Å². The van der Waals surface area contributed by atoms with E-state index in [4.69, 9.17) is 5.26 Å². The first-order valence-electron chi connectivity index (χ1n) is 5.40. The quantitative estimate of drug-likeness (QED) is 0.747. The van der Waals surface area contributed by atoms with Gasteiger partial charge >= 0.3 is 0 Å². The molecule has 0 spiro atoms. The number of hydrogen-bond donors (Lipinski definition) is 1. The summed E-state index contributed by atoms with van der Waals surface area (Å²) < 4.78 is 0. The second-order valence-corrected chi connectivity index (χ2v) is 4.08. The summed E-state index contributed by atoms with van der Waals surface area (Å²) in [5, 5.41) is 12.0. The first kappa shape index (κ1) is 11.0. The Morgan fingerprint density at radius 2 is 2.07 bits per heavy atom. The molecule has 0 atom stereocenters. The van der Waals surface area contributed by atoms with Crippen molar-refractivity contribution in [3.05, 3.63) is 0 Å². The molecule has 0 aliphatic heterocycles. The number of carbonyl (C=O) groups excluding carboxylic acids is 1. The van der Waals surface area contributed by atoms with Gasteiger partial charge in [0, 0.05) is 13.0 Å². The first-order valence-corrected chi connectivity index (χ1v) is 5.40. The van der Waals surface area contributed by atoms with Gasteiger partial charge in [-0.05, 0) is 12.8 Å². The third-order valence-corrected chi connectivity index (χ3v) is 2.99. The Morgan fingerprint density at radius 3 is 2.57 bits per heavy atom. The zero-order chi connectivity index (χ0) is 10.4. The van der Waals surface area contributed by atoms with Gasteiger partial charge in [-0.2, -0.15) is 5.26 Å². The fourth-order valence-corrected chi connectivity index (χ4v) is 1.95. The van der Waals surface area contributed by atoms with Crippen molar-refractivity contribution in [3.63, 3.8) is 0 Å². The van der Waals surface area contributed by atoms with Crippen LogP contribution in [0.5, 0.6) is 0 Å². The predicted octanol–water partition coefficient (Wildman–Crippen LogP) is 1.99. The fourth-order valence-electron chi connectivity index (χ4n) is 1.95. The Balaban J connectivity index is 2.45. The van der Waals surface area contributed by atoms with Crippen LogP contribution >= 0.6 is 0 Å². The van der Waals surface area contributed by atoms with Crippen molar-refractivity contribution in [3.8, 4) is 6.07 Å². The number of nitrogens with one attached hydrogen (secondary N) is 1. The summed E-state index contributed by atoms with van der Waals surface area (Å²) in [5.74, 6) is 0.0465.